The van der Waals surface area contributed by atoms with Crippen LogP contribution in [0.5, 0.6) is 17.2 Å². The van der Waals surface area contributed by atoms with Crippen LogP contribution >= 0.6 is 0 Å². The molecule has 0 unspecified atom stereocenters. The summed E-state index contributed by atoms with van der Waals surface area (Å²) >= 11 is 0. The van der Waals surface area contributed by atoms with Gasteiger partial charge in [-0.25, -0.2) is 4.79 Å². The van der Waals surface area contributed by atoms with Crippen LogP contribution in [-0.2, 0) is 6.61 Å². The van der Waals surface area contributed by atoms with Gasteiger partial charge in [-0.15, -0.1) is 0 Å². The number of furan rings is 1. The van der Waals surface area contributed by atoms with Gasteiger partial charge in [0, 0.05) is 17.2 Å². The molecule has 6 heteroatoms. The number of rotatable bonds is 7. The van der Waals surface area contributed by atoms with Crippen LogP contribution in [0.25, 0.3) is 11.1 Å². The van der Waals surface area contributed by atoms with Gasteiger partial charge < -0.3 is 23.7 Å². The predicted octanol–water partition coefficient (Wildman–Crippen LogP) is 4.55. The molecule has 0 bridgehead atoms. The van der Waals surface area contributed by atoms with Crippen molar-refractivity contribution in [2.45, 2.75) is 13.5 Å². The van der Waals surface area contributed by atoms with Crippen molar-refractivity contribution in [3.63, 3.8) is 0 Å². The van der Waals surface area contributed by atoms with Crippen molar-refractivity contribution >= 4 is 5.97 Å². The molecule has 0 spiro atoms. The Morgan fingerprint density at radius 2 is 1.70 bits per heavy atom. The lowest BCUT2D eigenvalue weighted by atomic mass is 10.0. The molecule has 0 amide bonds. The lowest BCUT2D eigenvalue weighted by Gasteiger charge is -2.11. The fourth-order valence-corrected chi connectivity index (χ4v) is 2.70. The molecule has 3 rings (SSSR count). The standard InChI is InChI=1S/C21H20O6/c1-13-15(10-20(27-13)21(22)23)12-26-16-6-4-14(5-7-16)18-9-8-17(24-2)11-19(18)25-3/h4-11H,12H2,1-3H3,(H,22,23). The minimum Gasteiger partial charge on any atom is -0.497 e. The molecular formula is C21H20O6. The molecule has 0 aliphatic carbocycles. The van der Waals surface area contributed by atoms with E-state index in [1.165, 1.54) is 6.07 Å². The highest BCUT2D eigenvalue weighted by Crippen LogP contribution is 2.34. The van der Waals surface area contributed by atoms with Crippen LogP contribution in [0.1, 0.15) is 21.9 Å². The summed E-state index contributed by atoms with van der Waals surface area (Å²) in [6, 6.07) is 14.7. The van der Waals surface area contributed by atoms with Crippen molar-refractivity contribution in [3.8, 4) is 28.4 Å². The third-order valence-corrected chi connectivity index (χ3v) is 4.20. The molecule has 3 aromatic rings. The second-order valence-electron chi connectivity index (χ2n) is 5.88. The van der Waals surface area contributed by atoms with E-state index in [0.29, 0.717) is 17.1 Å². The van der Waals surface area contributed by atoms with Crippen LogP contribution < -0.4 is 14.2 Å². The molecule has 1 heterocycles. The van der Waals surface area contributed by atoms with Gasteiger partial charge in [-0.05, 0) is 42.8 Å². The number of carboxylic acid groups (broad SMARTS) is 1. The Hall–Kier alpha value is -3.41. The Bertz CT molecular complexity index is 940. The maximum Gasteiger partial charge on any atom is 0.371 e. The first-order valence-electron chi connectivity index (χ1n) is 8.29. The molecule has 0 aliphatic rings. The first kappa shape index (κ1) is 18.4. The van der Waals surface area contributed by atoms with Crippen molar-refractivity contribution in [1.29, 1.82) is 0 Å². The predicted molar refractivity (Wildman–Crippen MR) is 99.7 cm³/mol. The van der Waals surface area contributed by atoms with E-state index in [2.05, 4.69) is 0 Å². The summed E-state index contributed by atoms with van der Waals surface area (Å²) < 4.78 is 21.6. The summed E-state index contributed by atoms with van der Waals surface area (Å²) in [7, 11) is 3.23. The Morgan fingerprint density at radius 1 is 1.00 bits per heavy atom. The van der Waals surface area contributed by atoms with Crippen molar-refractivity contribution in [2.75, 3.05) is 14.2 Å². The summed E-state index contributed by atoms with van der Waals surface area (Å²) in [5, 5.41) is 8.97. The summed E-state index contributed by atoms with van der Waals surface area (Å²) in [5.41, 5.74) is 2.63. The Kier molecular flexibility index (Phi) is 5.35. The lowest BCUT2D eigenvalue weighted by Crippen LogP contribution is -1.96. The largest absolute Gasteiger partial charge is 0.497 e. The monoisotopic (exact) mass is 368 g/mol. The van der Waals surface area contributed by atoms with Gasteiger partial charge >= 0.3 is 5.97 Å². The van der Waals surface area contributed by atoms with Gasteiger partial charge in [-0.1, -0.05) is 12.1 Å². The number of hydrogen-bond donors (Lipinski definition) is 1. The second kappa shape index (κ2) is 7.86. The van der Waals surface area contributed by atoms with Gasteiger partial charge in [-0.2, -0.15) is 0 Å². The number of aromatic carboxylic acids is 1. The summed E-state index contributed by atoms with van der Waals surface area (Å²) in [6.45, 7) is 1.94. The van der Waals surface area contributed by atoms with E-state index >= 15 is 0 Å². The average molecular weight is 368 g/mol. The van der Waals surface area contributed by atoms with Crippen LogP contribution in [0.2, 0.25) is 0 Å². The van der Waals surface area contributed by atoms with Crippen molar-refractivity contribution in [2.24, 2.45) is 0 Å². The summed E-state index contributed by atoms with van der Waals surface area (Å²) in [5.74, 6) is 1.47. The second-order valence-corrected chi connectivity index (χ2v) is 5.88. The zero-order chi connectivity index (χ0) is 19.4. The van der Waals surface area contributed by atoms with E-state index in [-0.39, 0.29) is 12.4 Å². The molecule has 1 aromatic heterocycles. The maximum absolute atomic E-state index is 11.0. The van der Waals surface area contributed by atoms with Gasteiger partial charge in [0.25, 0.3) is 0 Å². The van der Waals surface area contributed by atoms with E-state index in [0.717, 1.165) is 22.6 Å². The number of methoxy groups -OCH3 is 2. The highest BCUT2D eigenvalue weighted by Gasteiger charge is 2.13. The fourth-order valence-electron chi connectivity index (χ4n) is 2.70. The SMILES string of the molecule is COc1ccc(-c2ccc(OCc3cc(C(=O)O)oc3C)cc2)c(OC)c1. The Morgan fingerprint density at radius 3 is 2.30 bits per heavy atom. The van der Waals surface area contributed by atoms with E-state index in [1.54, 1.807) is 21.1 Å². The smallest absolute Gasteiger partial charge is 0.371 e. The van der Waals surface area contributed by atoms with E-state index < -0.39 is 5.97 Å². The topological polar surface area (TPSA) is 78.1 Å². The van der Waals surface area contributed by atoms with Gasteiger partial charge in [0.05, 0.1) is 14.2 Å². The van der Waals surface area contributed by atoms with Crippen LogP contribution in [-0.4, -0.2) is 25.3 Å². The molecular weight excluding hydrogens is 348 g/mol. The molecule has 0 saturated heterocycles. The normalized spacial score (nSPS) is 10.5. The maximum atomic E-state index is 11.0. The zero-order valence-corrected chi connectivity index (χ0v) is 15.3. The number of benzene rings is 2. The van der Waals surface area contributed by atoms with E-state index in [4.69, 9.17) is 23.7 Å². The Labute approximate surface area is 156 Å². The summed E-state index contributed by atoms with van der Waals surface area (Å²) in [4.78, 5) is 11.0. The molecule has 0 fully saturated rings. The van der Waals surface area contributed by atoms with Crippen LogP contribution in [0, 0.1) is 6.92 Å². The highest BCUT2D eigenvalue weighted by atomic mass is 16.5. The minimum absolute atomic E-state index is 0.0898. The van der Waals surface area contributed by atoms with E-state index in [9.17, 15) is 4.79 Å². The summed E-state index contributed by atoms with van der Waals surface area (Å²) in [6.07, 6.45) is 0. The molecule has 0 radical (unpaired) electrons. The fraction of sp³-hybridized carbons (Fsp3) is 0.190. The molecule has 1 N–H and O–H groups in total. The van der Waals surface area contributed by atoms with E-state index in [1.807, 2.05) is 42.5 Å². The Balaban J connectivity index is 1.73. The first-order chi connectivity index (χ1) is 13.0. The van der Waals surface area contributed by atoms with Gasteiger partial charge in [0.2, 0.25) is 5.76 Å². The molecule has 2 aromatic carbocycles. The van der Waals surface area contributed by atoms with Crippen LogP contribution in [0.3, 0.4) is 0 Å². The number of aryl methyl sites for hydroxylation is 1. The van der Waals surface area contributed by atoms with Crippen molar-refractivity contribution in [1.82, 2.24) is 0 Å². The first-order valence-corrected chi connectivity index (χ1v) is 8.29. The van der Waals surface area contributed by atoms with Gasteiger partial charge in [0.1, 0.15) is 29.6 Å². The van der Waals surface area contributed by atoms with Crippen LogP contribution in [0.4, 0.5) is 0 Å². The lowest BCUT2D eigenvalue weighted by molar-refractivity contribution is 0.0661. The number of carbonyl (C=O) groups is 1. The number of ether oxygens (including phenoxy) is 3. The third kappa shape index (κ3) is 4.06. The molecule has 0 saturated carbocycles. The quantitative estimate of drug-likeness (QED) is 0.659. The molecule has 0 atom stereocenters. The van der Waals surface area contributed by atoms with Crippen LogP contribution in [0.15, 0.2) is 52.9 Å². The van der Waals surface area contributed by atoms with Gasteiger partial charge in [-0.3, -0.25) is 0 Å². The minimum atomic E-state index is -1.10. The molecule has 6 nitrogen and oxygen atoms in total. The highest BCUT2D eigenvalue weighted by molar-refractivity contribution is 5.84. The third-order valence-electron chi connectivity index (χ3n) is 4.20. The average Bonchev–Trinajstić information content (AvgIpc) is 3.07. The molecule has 27 heavy (non-hydrogen) atoms. The van der Waals surface area contributed by atoms with Crippen molar-refractivity contribution < 1.29 is 28.5 Å². The van der Waals surface area contributed by atoms with Gasteiger partial charge in [0.15, 0.2) is 0 Å². The molecule has 140 valence electrons. The number of carboxylic acids is 1. The molecule has 0 aliphatic heterocycles. The number of hydrogen-bond acceptors (Lipinski definition) is 5. The van der Waals surface area contributed by atoms with Crippen molar-refractivity contribution in [3.05, 3.63) is 65.6 Å². The zero-order valence-electron chi connectivity index (χ0n) is 15.3.